The van der Waals surface area contributed by atoms with Crippen molar-refractivity contribution in [1.82, 2.24) is 4.90 Å². The SMILES string of the molecule is CCCN1CCOC(C(N)c2ccc(C3CCC3)cc2)C1. The molecule has 1 aliphatic heterocycles. The summed E-state index contributed by atoms with van der Waals surface area (Å²) in [4.78, 5) is 2.47. The molecule has 2 fully saturated rings. The highest BCUT2D eigenvalue weighted by atomic mass is 16.5. The summed E-state index contributed by atoms with van der Waals surface area (Å²) in [5, 5.41) is 0. The second kappa shape index (κ2) is 6.91. The number of rotatable bonds is 5. The van der Waals surface area contributed by atoms with Crippen molar-refractivity contribution in [3.05, 3.63) is 35.4 Å². The molecule has 3 rings (SSSR count). The molecule has 2 aliphatic rings. The van der Waals surface area contributed by atoms with Crippen LogP contribution < -0.4 is 5.73 Å². The zero-order valence-corrected chi connectivity index (χ0v) is 13.1. The van der Waals surface area contributed by atoms with Gasteiger partial charge < -0.3 is 10.5 Å². The van der Waals surface area contributed by atoms with Gasteiger partial charge in [0, 0.05) is 13.1 Å². The molecule has 0 radical (unpaired) electrons. The molecule has 0 bridgehead atoms. The first kappa shape index (κ1) is 15.0. The van der Waals surface area contributed by atoms with Gasteiger partial charge in [-0.1, -0.05) is 37.6 Å². The number of ether oxygens (including phenoxy) is 1. The molecule has 3 nitrogen and oxygen atoms in total. The molecule has 2 unspecified atom stereocenters. The van der Waals surface area contributed by atoms with Gasteiger partial charge in [-0.15, -0.1) is 0 Å². The number of morpholine rings is 1. The maximum absolute atomic E-state index is 6.45. The van der Waals surface area contributed by atoms with Gasteiger partial charge in [0.25, 0.3) is 0 Å². The summed E-state index contributed by atoms with van der Waals surface area (Å²) in [6.07, 6.45) is 5.40. The normalized spacial score (nSPS) is 25.5. The van der Waals surface area contributed by atoms with Gasteiger partial charge in [0.05, 0.1) is 18.8 Å². The van der Waals surface area contributed by atoms with E-state index in [2.05, 4.69) is 36.1 Å². The fourth-order valence-corrected chi connectivity index (χ4v) is 3.41. The standard InChI is InChI=1S/C18H28N2O/c1-2-10-20-11-12-21-17(13-20)18(19)16-8-6-15(7-9-16)14-4-3-5-14/h6-9,14,17-18H,2-5,10-13,19H2,1H3. The molecule has 2 N–H and O–H groups in total. The molecule has 1 aromatic rings. The minimum Gasteiger partial charge on any atom is -0.374 e. The summed E-state index contributed by atoms with van der Waals surface area (Å²) in [6, 6.07) is 8.94. The maximum atomic E-state index is 6.45. The highest BCUT2D eigenvalue weighted by Crippen LogP contribution is 2.36. The zero-order chi connectivity index (χ0) is 14.7. The molecule has 0 spiro atoms. The topological polar surface area (TPSA) is 38.5 Å². The molecular formula is C18H28N2O. The quantitative estimate of drug-likeness (QED) is 0.905. The molecule has 3 heteroatoms. The molecule has 0 aromatic heterocycles. The second-order valence-electron chi connectivity index (χ2n) is 6.53. The zero-order valence-electron chi connectivity index (χ0n) is 13.1. The van der Waals surface area contributed by atoms with Crippen LogP contribution in [0.2, 0.25) is 0 Å². The van der Waals surface area contributed by atoms with Gasteiger partial charge in [0.15, 0.2) is 0 Å². The molecule has 1 saturated heterocycles. The third-order valence-electron chi connectivity index (χ3n) is 5.02. The first-order valence-corrected chi connectivity index (χ1v) is 8.47. The van der Waals surface area contributed by atoms with E-state index in [9.17, 15) is 0 Å². The lowest BCUT2D eigenvalue weighted by molar-refractivity contribution is -0.0408. The van der Waals surface area contributed by atoms with Crippen LogP contribution in [0.1, 0.15) is 55.7 Å². The Morgan fingerprint density at radius 1 is 1.29 bits per heavy atom. The van der Waals surface area contributed by atoms with E-state index in [1.165, 1.54) is 36.8 Å². The first-order chi connectivity index (χ1) is 10.3. The average molecular weight is 288 g/mol. The largest absolute Gasteiger partial charge is 0.374 e. The minimum absolute atomic E-state index is 0.0138. The third-order valence-corrected chi connectivity index (χ3v) is 5.02. The Morgan fingerprint density at radius 2 is 2.05 bits per heavy atom. The molecule has 21 heavy (non-hydrogen) atoms. The van der Waals surface area contributed by atoms with Gasteiger partial charge in [0.1, 0.15) is 0 Å². The molecule has 1 aliphatic carbocycles. The van der Waals surface area contributed by atoms with E-state index in [-0.39, 0.29) is 12.1 Å². The molecule has 0 amide bonds. The fraction of sp³-hybridized carbons (Fsp3) is 0.667. The number of hydrogen-bond donors (Lipinski definition) is 1. The Hall–Kier alpha value is -0.900. The van der Waals surface area contributed by atoms with Gasteiger partial charge in [-0.05, 0) is 42.9 Å². The second-order valence-corrected chi connectivity index (χ2v) is 6.53. The van der Waals surface area contributed by atoms with Crippen LogP contribution in [0.5, 0.6) is 0 Å². The maximum Gasteiger partial charge on any atom is 0.0894 e. The van der Waals surface area contributed by atoms with E-state index >= 15 is 0 Å². The minimum atomic E-state index is -0.0138. The summed E-state index contributed by atoms with van der Waals surface area (Å²) in [7, 11) is 0. The number of hydrogen-bond acceptors (Lipinski definition) is 3. The van der Waals surface area contributed by atoms with Gasteiger partial charge >= 0.3 is 0 Å². The van der Waals surface area contributed by atoms with E-state index in [4.69, 9.17) is 10.5 Å². The van der Waals surface area contributed by atoms with Crippen LogP contribution in [-0.4, -0.2) is 37.2 Å². The van der Waals surface area contributed by atoms with Crippen LogP contribution >= 0.6 is 0 Å². The first-order valence-electron chi connectivity index (χ1n) is 8.47. The summed E-state index contributed by atoms with van der Waals surface area (Å²) >= 11 is 0. The van der Waals surface area contributed by atoms with E-state index in [1.807, 2.05) is 0 Å². The van der Waals surface area contributed by atoms with E-state index in [1.54, 1.807) is 0 Å². The van der Waals surface area contributed by atoms with Gasteiger partial charge in [-0.3, -0.25) is 4.90 Å². The molecule has 1 heterocycles. The molecular weight excluding hydrogens is 260 g/mol. The molecule has 1 aromatic carbocycles. The summed E-state index contributed by atoms with van der Waals surface area (Å²) in [5.74, 6) is 0.793. The van der Waals surface area contributed by atoms with Crippen molar-refractivity contribution in [2.45, 2.75) is 50.7 Å². The number of nitrogens with two attached hydrogens (primary N) is 1. The van der Waals surface area contributed by atoms with Crippen LogP contribution in [0, 0.1) is 0 Å². The lowest BCUT2D eigenvalue weighted by Crippen LogP contribution is -2.47. The number of nitrogens with zero attached hydrogens (tertiary/aromatic N) is 1. The molecule has 116 valence electrons. The van der Waals surface area contributed by atoms with Crippen molar-refractivity contribution in [3.63, 3.8) is 0 Å². The van der Waals surface area contributed by atoms with E-state index in [0.29, 0.717) is 0 Å². The summed E-state index contributed by atoms with van der Waals surface area (Å²) < 4.78 is 5.91. The lowest BCUT2D eigenvalue weighted by Gasteiger charge is -2.36. The fourth-order valence-electron chi connectivity index (χ4n) is 3.41. The van der Waals surface area contributed by atoms with Crippen molar-refractivity contribution >= 4 is 0 Å². The predicted molar refractivity (Wildman–Crippen MR) is 86.4 cm³/mol. The Labute approximate surface area is 128 Å². The van der Waals surface area contributed by atoms with Crippen molar-refractivity contribution in [2.24, 2.45) is 5.73 Å². The van der Waals surface area contributed by atoms with Crippen LogP contribution in [0.25, 0.3) is 0 Å². The lowest BCUT2D eigenvalue weighted by atomic mass is 9.79. The predicted octanol–water partition coefficient (Wildman–Crippen LogP) is 3.06. The van der Waals surface area contributed by atoms with E-state index < -0.39 is 0 Å². The Kier molecular flexibility index (Phi) is 4.94. The van der Waals surface area contributed by atoms with Crippen molar-refractivity contribution < 1.29 is 4.74 Å². The highest BCUT2D eigenvalue weighted by molar-refractivity contribution is 5.29. The van der Waals surface area contributed by atoms with Crippen LogP contribution in [0.3, 0.4) is 0 Å². The monoisotopic (exact) mass is 288 g/mol. The van der Waals surface area contributed by atoms with E-state index in [0.717, 1.165) is 32.2 Å². The van der Waals surface area contributed by atoms with Gasteiger partial charge in [0.2, 0.25) is 0 Å². The van der Waals surface area contributed by atoms with Gasteiger partial charge in [-0.25, -0.2) is 0 Å². The van der Waals surface area contributed by atoms with Crippen LogP contribution in [0.15, 0.2) is 24.3 Å². The van der Waals surface area contributed by atoms with Crippen molar-refractivity contribution in [2.75, 3.05) is 26.2 Å². The average Bonchev–Trinajstić information content (AvgIpc) is 2.46. The smallest absolute Gasteiger partial charge is 0.0894 e. The van der Waals surface area contributed by atoms with Gasteiger partial charge in [-0.2, -0.15) is 0 Å². The Bertz CT molecular complexity index is 439. The Morgan fingerprint density at radius 3 is 2.67 bits per heavy atom. The highest BCUT2D eigenvalue weighted by Gasteiger charge is 2.27. The van der Waals surface area contributed by atoms with Crippen LogP contribution in [0.4, 0.5) is 0 Å². The van der Waals surface area contributed by atoms with Crippen molar-refractivity contribution in [3.8, 4) is 0 Å². The van der Waals surface area contributed by atoms with Crippen molar-refractivity contribution in [1.29, 1.82) is 0 Å². The molecule has 1 saturated carbocycles. The summed E-state index contributed by atoms with van der Waals surface area (Å²) in [6.45, 7) is 6.17. The Balaban J connectivity index is 1.62. The molecule has 2 atom stereocenters. The summed E-state index contributed by atoms with van der Waals surface area (Å²) in [5.41, 5.74) is 9.14. The number of benzene rings is 1. The van der Waals surface area contributed by atoms with Crippen LogP contribution in [-0.2, 0) is 4.74 Å². The third kappa shape index (κ3) is 3.47.